The average molecular weight is 487 g/mol. The molecule has 1 aromatic rings. The van der Waals surface area contributed by atoms with E-state index in [0.29, 0.717) is 24.5 Å². The van der Waals surface area contributed by atoms with Crippen molar-refractivity contribution >= 4 is 15.6 Å². The van der Waals surface area contributed by atoms with Gasteiger partial charge in [-0.3, -0.25) is 4.79 Å². The largest absolute Gasteiger partial charge is 0.416 e. The Morgan fingerprint density at radius 3 is 2.33 bits per heavy atom. The second-order valence-corrected chi connectivity index (χ2v) is 13.7. The summed E-state index contributed by atoms with van der Waals surface area (Å²) in [4.78, 5) is 12.2. The molecule has 0 N–H and O–H groups in total. The number of ketones is 1. The van der Waals surface area contributed by atoms with Gasteiger partial charge in [0, 0.05) is 12.8 Å². The number of Topliss-reactive ketones (excluding diaryl/α,β-unsaturated/α-hetero) is 1. The zero-order chi connectivity index (χ0) is 24.5. The highest BCUT2D eigenvalue weighted by molar-refractivity contribution is 7.92. The first-order chi connectivity index (χ1) is 15.2. The van der Waals surface area contributed by atoms with Gasteiger partial charge in [0.15, 0.2) is 9.84 Å². The van der Waals surface area contributed by atoms with Crippen molar-refractivity contribution in [1.82, 2.24) is 0 Å². The van der Waals surface area contributed by atoms with Gasteiger partial charge in [0.05, 0.1) is 15.2 Å². The molecule has 0 unspecified atom stereocenters. The lowest BCUT2D eigenvalue weighted by molar-refractivity contribution is -0.137. The molecule has 7 heteroatoms. The highest BCUT2D eigenvalue weighted by Gasteiger charge is 2.48. The van der Waals surface area contributed by atoms with E-state index in [1.54, 1.807) is 13.8 Å². The Bertz CT molecular complexity index is 938. The van der Waals surface area contributed by atoms with Crippen LogP contribution in [0.25, 0.3) is 0 Å². The number of alkyl halides is 3. The van der Waals surface area contributed by atoms with Crippen molar-refractivity contribution in [3.8, 4) is 0 Å². The van der Waals surface area contributed by atoms with E-state index in [9.17, 15) is 26.4 Å². The van der Waals surface area contributed by atoms with Gasteiger partial charge in [0.2, 0.25) is 0 Å². The van der Waals surface area contributed by atoms with Crippen molar-refractivity contribution in [3.63, 3.8) is 0 Å². The van der Waals surface area contributed by atoms with Crippen molar-refractivity contribution in [2.24, 2.45) is 17.3 Å². The van der Waals surface area contributed by atoms with Gasteiger partial charge in [0.25, 0.3) is 0 Å². The smallest absolute Gasteiger partial charge is 0.300 e. The van der Waals surface area contributed by atoms with E-state index >= 15 is 0 Å². The topological polar surface area (TPSA) is 51.2 Å². The molecular formula is C26H37F3O3S. The predicted molar refractivity (Wildman–Crippen MR) is 124 cm³/mol. The Morgan fingerprint density at radius 2 is 1.73 bits per heavy atom. The van der Waals surface area contributed by atoms with Crippen LogP contribution in [0.3, 0.4) is 0 Å². The lowest BCUT2D eigenvalue weighted by Gasteiger charge is -2.45. The Kier molecular flexibility index (Phi) is 7.72. The molecule has 0 radical (unpaired) electrons. The summed E-state index contributed by atoms with van der Waals surface area (Å²) >= 11 is 0. The van der Waals surface area contributed by atoms with Gasteiger partial charge in [0.1, 0.15) is 5.78 Å². The molecule has 0 aromatic heterocycles. The quantitative estimate of drug-likeness (QED) is 0.366. The van der Waals surface area contributed by atoms with Crippen molar-refractivity contribution < 1.29 is 26.4 Å². The van der Waals surface area contributed by atoms with Crippen LogP contribution >= 0.6 is 0 Å². The summed E-state index contributed by atoms with van der Waals surface area (Å²) in [7, 11) is -3.92. The van der Waals surface area contributed by atoms with E-state index in [1.165, 1.54) is 25.3 Å². The van der Waals surface area contributed by atoms with Crippen LogP contribution in [0.5, 0.6) is 0 Å². The van der Waals surface area contributed by atoms with Crippen LogP contribution in [0.2, 0.25) is 0 Å². The summed E-state index contributed by atoms with van der Waals surface area (Å²) in [5, 5.41) is 0. The lowest BCUT2D eigenvalue weighted by Crippen LogP contribution is -2.46. The second kappa shape index (κ2) is 9.71. The average Bonchev–Trinajstić information content (AvgIpc) is 2.69. The molecule has 186 valence electrons. The second-order valence-electron chi connectivity index (χ2n) is 11.1. The third kappa shape index (κ3) is 6.01. The molecule has 0 atom stereocenters. The fourth-order valence-corrected chi connectivity index (χ4v) is 7.41. The Morgan fingerprint density at radius 1 is 1.09 bits per heavy atom. The highest BCUT2D eigenvalue weighted by atomic mass is 32.2. The summed E-state index contributed by atoms with van der Waals surface area (Å²) in [6.07, 6.45) is 5.84. The maximum Gasteiger partial charge on any atom is 0.416 e. The maximum atomic E-state index is 13.2. The molecule has 0 heterocycles. The fourth-order valence-electron chi connectivity index (χ4n) is 5.64. The number of sulfone groups is 1. The number of benzene rings is 1. The van der Waals surface area contributed by atoms with E-state index in [2.05, 4.69) is 6.92 Å². The zero-order valence-corrected chi connectivity index (χ0v) is 20.8. The van der Waals surface area contributed by atoms with Crippen molar-refractivity contribution in [2.45, 2.75) is 107 Å². The minimum atomic E-state index is -4.58. The van der Waals surface area contributed by atoms with Crippen LogP contribution in [0.4, 0.5) is 13.2 Å². The number of hydrogen-bond donors (Lipinski definition) is 0. The molecule has 3 nitrogen and oxygen atoms in total. The molecule has 3 rings (SSSR count). The van der Waals surface area contributed by atoms with E-state index in [4.69, 9.17) is 0 Å². The Hall–Kier alpha value is -1.37. The van der Waals surface area contributed by atoms with E-state index in [1.807, 2.05) is 0 Å². The number of carbonyl (C=O) groups is 1. The van der Waals surface area contributed by atoms with Crippen molar-refractivity contribution in [3.05, 3.63) is 29.8 Å². The first-order valence-electron chi connectivity index (χ1n) is 12.2. The van der Waals surface area contributed by atoms with Gasteiger partial charge >= 0.3 is 6.18 Å². The van der Waals surface area contributed by atoms with Gasteiger partial charge in [-0.25, -0.2) is 8.42 Å². The molecule has 1 aromatic carbocycles. The van der Waals surface area contributed by atoms with Crippen LogP contribution in [0.1, 0.15) is 97.0 Å². The summed E-state index contributed by atoms with van der Waals surface area (Å²) < 4.78 is 64.4. The van der Waals surface area contributed by atoms with Gasteiger partial charge in [-0.05, 0) is 81.4 Å². The summed E-state index contributed by atoms with van der Waals surface area (Å²) in [6.45, 7) is 5.48. The van der Waals surface area contributed by atoms with E-state index in [-0.39, 0.29) is 16.2 Å². The minimum absolute atomic E-state index is 0.0982. The molecule has 0 amide bonds. The van der Waals surface area contributed by atoms with Crippen LogP contribution < -0.4 is 0 Å². The molecule has 2 saturated carbocycles. The molecule has 0 aliphatic heterocycles. The first kappa shape index (κ1) is 26.2. The van der Waals surface area contributed by atoms with Crippen LogP contribution in [-0.4, -0.2) is 18.9 Å². The molecule has 2 aliphatic carbocycles. The molecule has 0 spiro atoms. The molecule has 0 bridgehead atoms. The van der Waals surface area contributed by atoms with Gasteiger partial charge in [-0.1, -0.05) is 38.7 Å². The summed E-state index contributed by atoms with van der Waals surface area (Å²) in [5.74, 6) is 0.616. The number of halogens is 3. The summed E-state index contributed by atoms with van der Waals surface area (Å²) in [5.41, 5.74) is -0.781. The first-order valence-corrected chi connectivity index (χ1v) is 13.7. The number of rotatable bonds is 9. The fraction of sp³-hybridized carbons (Fsp3) is 0.731. The highest BCUT2D eigenvalue weighted by Crippen LogP contribution is 2.48. The molecule has 2 aliphatic rings. The lowest BCUT2D eigenvalue weighted by atomic mass is 9.67. The molecule has 33 heavy (non-hydrogen) atoms. The Labute approximate surface area is 196 Å². The summed E-state index contributed by atoms with van der Waals surface area (Å²) in [6, 6.07) is 4.04. The minimum Gasteiger partial charge on any atom is -0.300 e. The van der Waals surface area contributed by atoms with E-state index < -0.39 is 26.3 Å². The van der Waals surface area contributed by atoms with Crippen molar-refractivity contribution in [1.29, 1.82) is 0 Å². The van der Waals surface area contributed by atoms with Gasteiger partial charge in [-0.15, -0.1) is 0 Å². The molecule has 2 fully saturated rings. The van der Waals surface area contributed by atoms with Gasteiger partial charge < -0.3 is 0 Å². The standard InChI is InChI=1S/C26H37F3O3S/c1-24(2,33(31,32)23-12-8-10-20(17-23)26(27,28)29)21-15-19(16-21)9-7-11-22(30)18-25(3)13-5-4-6-14-25/h8,10,12,17,19,21H,4-7,9,11,13-16,18H2,1-3H3. The third-order valence-electron chi connectivity index (χ3n) is 8.14. The number of carbonyl (C=O) groups excluding carboxylic acids is 1. The van der Waals surface area contributed by atoms with Crippen LogP contribution in [0, 0.1) is 17.3 Å². The van der Waals surface area contributed by atoms with E-state index in [0.717, 1.165) is 56.7 Å². The monoisotopic (exact) mass is 486 g/mol. The van der Waals surface area contributed by atoms with Crippen LogP contribution in [-0.2, 0) is 20.8 Å². The predicted octanol–water partition coefficient (Wildman–Crippen LogP) is 7.38. The maximum absolute atomic E-state index is 13.2. The molecule has 0 saturated heterocycles. The Balaban J connectivity index is 1.50. The third-order valence-corrected chi connectivity index (χ3v) is 10.7. The number of hydrogen-bond acceptors (Lipinski definition) is 3. The SMILES string of the molecule is CC1(CC(=O)CCCC2CC(C(C)(C)S(=O)(=O)c3cccc(C(F)(F)F)c3)C2)CCCCC1. The zero-order valence-electron chi connectivity index (χ0n) is 20.0. The molecular weight excluding hydrogens is 449 g/mol. The van der Waals surface area contributed by atoms with Crippen molar-refractivity contribution in [2.75, 3.05) is 0 Å². The van der Waals surface area contributed by atoms with Crippen LogP contribution in [0.15, 0.2) is 29.2 Å². The normalized spacial score (nSPS) is 23.7. The van der Waals surface area contributed by atoms with Gasteiger partial charge in [-0.2, -0.15) is 13.2 Å².